The lowest BCUT2D eigenvalue weighted by molar-refractivity contribution is 0.596. The fourth-order valence-electron chi connectivity index (χ4n) is 4.56. The van der Waals surface area contributed by atoms with Gasteiger partial charge in [0.2, 0.25) is 0 Å². The summed E-state index contributed by atoms with van der Waals surface area (Å²) in [6, 6.07) is 25.8. The van der Waals surface area contributed by atoms with Crippen molar-refractivity contribution in [3.05, 3.63) is 89.9 Å². The molecule has 0 fully saturated rings. The third kappa shape index (κ3) is 3.04. The number of hydrogen-bond acceptors (Lipinski definition) is 3. The SMILES string of the molecule is CC(C)(C)c1cc(-c2nccc3cc(-c4cccc5ccsc45)oc23)cc2ccccc12. The second-order valence-electron chi connectivity index (χ2n) is 9.33. The van der Waals surface area contributed by atoms with Crippen molar-refractivity contribution in [3.63, 3.8) is 0 Å². The molecule has 2 nitrogen and oxygen atoms in total. The van der Waals surface area contributed by atoms with Gasteiger partial charge in [-0.25, -0.2) is 0 Å². The monoisotopic (exact) mass is 433 g/mol. The number of rotatable bonds is 2. The molecule has 156 valence electrons. The fourth-order valence-corrected chi connectivity index (χ4v) is 5.48. The van der Waals surface area contributed by atoms with Crippen molar-refractivity contribution >= 4 is 43.2 Å². The van der Waals surface area contributed by atoms with Crippen molar-refractivity contribution in [2.45, 2.75) is 26.2 Å². The van der Waals surface area contributed by atoms with E-state index in [9.17, 15) is 0 Å². The van der Waals surface area contributed by atoms with Crippen LogP contribution in [0, 0.1) is 0 Å². The third-order valence-electron chi connectivity index (χ3n) is 6.12. The Morgan fingerprint density at radius 3 is 2.53 bits per heavy atom. The molecule has 0 aliphatic carbocycles. The molecule has 3 heteroatoms. The standard InChI is InChI=1S/C29H23NOS/c1-29(2,3)24-16-21(15-19-7-4-5-9-22(19)24)26-27-20(11-13-30-26)17-25(31-27)23-10-6-8-18-12-14-32-28(18)23/h4-17H,1-3H3. The Kier molecular flexibility index (Phi) is 4.24. The third-order valence-corrected chi connectivity index (χ3v) is 7.08. The molecule has 0 radical (unpaired) electrons. The molecule has 3 heterocycles. The number of fused-ring (bicyclic) bond motifs is 3. The van der Waals surface area contributed by atoms with E-state index in [1.165, 1.54) is 26.4 Å². The van der Waals surface area contributed by atoms with Crippen LogP contribution in [-0.2, 0) is 5.41 Å². The molecule has 0 unspecified atom stereocenters. The highest BCUT2D eigenvalue weighted by Gasteiger charge is 2.20. The molecule has 0 atom stereocenters. The Morgan fingerprint density at radius 1 is 0.812 bits per heavy atom. The zero-order valence-electron chi connectivity index (χ0n) is 18.3. The van der Waals surface area contributed by atoms with Gasteiger partial charge >= 0.3 is 0 Å². The summed E-state index contributed by atoms with van der Waals surface area (Å²) < 4.78 is 7.75. The molecular formula is C29H23NOS. The number of nitrogens with zero attached hydrogens (tertiary/aromatic N) is 1. The zero-order valence-corrected chi connectivity index (χ0v) is 19.2. The lowest BCUT2D eigenvalue weighted by atomic mass is 9.82. The van der Waals surface area contributed by atoms with Crippen LogP contribution in [0.5, 0.6) is 0 Å². The number of aromatic nitrogens is 1. The van der Waals surface area contributed by atoms with E-state index in [4.69, 9.17) is 9.40 Å². The van der Waals surface area contributed by atoms with Crippen LogP contribution in [0.25, 0.3) is 54.4 Å². The summed E-state index contributed by atoms with van der Waals surface area (Å²) in [5, 5.41) is 6.97. The van der Waals surface area contributed by atoms with Crippen molar-refractivity contribution in [1.29, 1.82) is 0 Å². The van der Waals surface area contributed by atoms with E-state index in [-0.39, 0.29) is 5.41 Å². The second-order valence-corrected chi connectivity index (χ2v) is 10.2. The van der Waals surface area contributed by atoms with Gasteiger partial charge in [-0.1, -0.05) is 57.2 Å². The topological polar surface area (TPSA) is 26.0 Å². The van der Waals surface area contributed by atoms with Crippen LogP contribution < -0.4 is 0 Å². The lowest BCUT2D eigenvalue weighted by Crippen LogP contribution is -2.12. The molecule has 3 aromatic carbocycles. The molecule has 0 amide bonds. The van der Waals surface area contributed by atoms with E-state index in [0.29, 0.717) is 0 Å². The van der Waals surface area contributed by atoms with Crippen LogP contribution in [-0.4, -0.2) is 4.98 Å². The van der Waals surface area contributed by atoms with Gasteiger partial charge in [-0.05, 0) is 68.9 Å². The largest absolute Gasteiger partial charge is 0.454 e. The smallest absolute Gasteiger partial charge is 0.161 e. The van der Waals surface area contributed by atoms with Crippen molar-refractivity contribution in [3.8, 4) is 22.6 Å². The lowest BCUT2D eigenvalue weighted by Gasteiger charge is -2.22. The van der Waals surface area contributed by atoms with Gasteiger partial charge in [-0.3, -0.25) is 4.98 Å². The Balaban J connectivity index is 1.60. The molecule has 6 rings (SSSR count). The van der Waals surface area contributed by atoms with E-state index < -0.39 is 0 Å². The van der Waals surface area contributed by atoms with Gasteiger partial charge in [0.1, 0.15) is 11.5 Å². The maximum Gasteiger partial charge on any atom is 0.161 e. The Morgan fingerprint density at radius 2 is 1.66 bits per heavy atom. The molecular weight excluding hydrogens is 410 g/mol. The number of thiophene rings is 1. The summed E-state index contributed by atoms with van der Waals surface area (Å²) in [5.74, 6) is 0.888. The predicted octanol–water partition coefficient (Wildman–Crippen LogP) is 8.83. The van der Waals surface area contributed by atoms with Crippen LogP contribution in [0.2, 0.25) is 0 Å². The Hall–Kier alpha value is -3.43. The highest BCUT2D eigenvalue weighted by atomic mass is 32.1. The number of benzene rings is 3. The molecule has 0 spiro atoms. The summed E-state index contributed by atoms with van der Waals surface area (Å²) in [7, 11) is 0. The van der Waals surface area contributed by atoms with Crippen molar-refractivity contribution in [1.82, 2.24) is 4.98 Å². The number of hydrogen-bond donors (Lipinski definition) is 0. The normalized spacial score (nSPS) is 12.2. The van der Waals surface area contributed by atoms with Gasteiger partial charge in [-0.15, -0.1) is 11.3 Å². The van der Waals surface area contributed by atoms with Crippen molar-refractivity contribution in [2.24, 2.45) is 0 Å². The maximum absolute atomic E-state index is 6.50. The quantitative estimate of drug-likeness (QED) is 0.273. The molecule has 0 aliphatic rings. The van der Waals surface area contributed by atoms with Crippen LogP contribution in [0.15, 0.2) is 88.8 Å². The van der Waals surface area contributed by atoms with Gasteiger partial charge in [0, 0.05) is 27.4 Å². The van der Waals surface area contributed by atoms with E-state index in [1.54, 1.807) is 11.3 Å². The number of pyridine rings is 1. The first-order chi connectivity index (χ1) is 15.5. The molecule has 0 aliphatic heterocycles. The Bertz CT molecular complexity index is 1610. The van der Waals surface area contributed by atoms with Gasteiger partial charge in [0.15, 0.2) is 5.58 Å². The summed E-state index contributed by atoms with van der Waals surface area (Å²) in [6.07, 6.45) is 1.88. The molecule has 0 saturated heterocycles. The first kappa shape index (κ1) is 19.3. The maximum atomic E-state index is 6.50. The molecule has 6 aromatic rings. The molecule has 32 heavy (non-hydrogen) atoms. The summed E-state index contributed by atoms with van der Waals surface area (Å²) in [4.78, 5) is 4.78. The van der Waals surface area contributed by atoms with Crippen LogP contribution >= 0.6 is 11.3 Å². The van der Waals surface area contributed by atoms with Gasteiger partial charge in [0.25, 0.3) is 0 Å². The summed E-state index contributed by atoms with van der Waals surface area (Å²) in [6.45, 7) is 6.79. The fraction of sp³-hybridized carbons (Fsp3) is 0.138. The Labute approximate surface area is 191 Å². The predicted molar refractivity (Wildman–Crippen MR) is 136 cm³/mol. The number of furan rings is 1. The van der Waals surface area contributed by atoms with Crippen LogP contribution in [0.4, 0.5) is 0 Å². The first-order valence-electron chi connectivity index (χ1n) is 10.9. The minimum Gasteiger partial charge on any atom is -0.454 e. The molecule has 0 N–H and O–H groups in total. The minimum atomic E-state index is 0.0205. The van der Waals surface area contributed by atoms with Gasteiger partial charge in [-0.2, -0.15) is 0 Å². The van der Waals surface area contributed by atoms with Crippen molar-refractivity contribution < 1.29 is 4.42 Å². The van der Waals surface area contributed by atoms with Gasteiger partial charge < -0.3 is 4.42 Å². The average molecular weight is 434 g/mol. The van der Waals surface area contributed by atoms with E-state index in [2.05, 4.69) is 92.9 Å². The van der Waals surface area contributed by atoms with Crippen molar-refractivity contribution in [2.75, 3.05) is 0 Å². The van der Waals surface area contributed by atoms with Crippen LogP contribution in [0.1, 0.15) is 26.3 Å². The molecule has 3 aromatic heterocycles. The highest BCUT2D eigenvalue weighted by Crippen LogP contribution is 2.40. The van der Waals surface area contributed by atoms with E-state index in [1.807, 2.05) is 12.3 Å². The molecule has 0 bridgehead atoms. The summed E-state index contributed by atoms with van der Waals surface area (Å²) >= 11 is 1.75. The van der Waals surface area contributed by atoms with Gasteiger partial charge in [0.05, 0.1) is 0 Å². The summed E-state index contributed by atoms with van der Waals surface area (Å²) in [5.41, 5.74) is 5.30. The van der Waals surface area contributed by atoms with E-state index >= 15 is 0 Å². The second kappa shape index (κ2) is 7.04. The minimum absolute atomic E-state index is 0.0205. The first-order valence-corrected chi connectivity index (χ1v) is 11.8. The molecule has 0 saturated carbocycles. The zero-order chi connectivity index (χ0) is 21.9. The van der Waals surface area contributed by atoms with E-state index in [0.717, 1.165) is 33.6 Å². The average Bonchev–Trinajstić information content (AvgIpc) is 3.44. The van der Waals surface area contributed by atoms with Crippen LogP contribution in [0.3, 0.4) is 0 Å². The highest BCUT2D eigenvalue weighted by molar-refractivity contribution is 7.17.